The van der Waals surface area contributed by atoms with E-state index in [9.17, 15) is 4.79 Å². The number of ether oxygens (including phenoxy) is 1. The van der Waals surface area contributed by atoms with Crippen molar-refractivity contribution in [2.45, 2.75) is 31.8 Å². The Morgan fingerprint density at radius 1 is 1.15 bits per heavy atom. The van der Waals surface area contributed by atoms with Crippen LogP contribution in [0.3, 0.4) is 0 Å². The molecule has 1 saturated heterocycles. The predicted molar refractivity (Wildman–Crippen MR) is 104 cm³/mol. The quantitative estimate of drug-likeness (QED) is 0.886. The molecular formula is C19H24N4O2S. The number of carbonyl (C=O) groups excluding carboxylic acids is 1. The molecule has 1 aliphatic carbocycles. The highest BCUT2D eigenvalue weighted by Gasteiger charge is 2.24. The van der Waals surface area contributed by atoms with Crippen molar-refractivity contribution < 1.29 is 9.53 Å². The molecular weight excluding hydrogens is 348 g/mol. The molecule has 1 aromatic heterocycles. The second kappa shape index (κ2) is 7.95. The fourth-order valence-corrected chi connectivity index (χ4v) is 4.22. The van der Waals surface area contributed by atoms with Crippen molar-refractivity contribution >= 4 is 28.2 Å². The molecule has 2 aliphatic rings. The Balaban J connectivity index is 1.35. The minimum absolute atomic E-state index is 0.0636. The molecule has 2 heterocycles. The molecule has 2 fully saturated rings. The van der Waals surface area contributed by atoms with Crippen molar-refractivity contribution in [3.05, 3.63) is 35.8 Å². The lowest BCUT2D eigenvalue weighted by Gasteiger charge is -2.34. The van der Waals surface area contributed by atoms with E-state index in [2.05, 4.69) is 15.2 Å². The van der Waals surface area contributed by atoms with Crippen molar-refractivity contribution in [3.8, 4) is 5.75 Å². The van der Waals surface area contributed by atoms with E-state index in [0.717, 1.165) is 42.5 Å². The Morgan fingerprint density at radius 2 is 1.92 bits per heavy atom. The van der Waals surface area contributed by atoms with Crippen molar-refractivity contribution in [2.24, 2.45) is 0 Å². The summed E-state index contributed by atoms with van der Waals surface area (Å²) in [6, 6.07) is 7.67. The number of para-hydroxylation sites is 2. The maximum Gasteiger partial charge on any atom is 0.322 e. The molecule has 1 aliphatic heterocycles. The van der Waals surface area contributed by atoms with Crippen LogP contribution in [-0.2, 0) is 0 Å². The van der Waals surface area contributed by atoms with Crippen LogP contribution in [0.5, 0.6) is 5.75 Å². The number of rotatable bonds is 4. The summed E-state index contributed by atoms with van der Waals surface area (Å²) >= 11 is 1.64. The molecule has 2 amide bonds. The maximum atomic E-state index is 12.7. The van der Waals surface area contributed by atoms with Gasteiger partial charge in [0.15, 0.2) is 5.13 Å². The summed E-state index contributed by atoms with van der Waals surface area (Å²) in [7, 11) is 0. The first-order valence-corrected chi connectivity index (χ1v) is 10.1. The van der Waals surface area contributed by atoms with Crippen LogP contribution in [-0.4, -0.2) is 48.2 Å². The van der Waals surface area contributed by atoms with Crippen LogP contribution >= 0.6 is 11.3 Å². The number of amides is 2. The first-order valence-electron chi connectivity index (χ1n) is 9.25. The highest BCUT2D eigenvalue weighted by Crippen LogP contribution is 2.30. The number of anilines is 2. The van der Waals surface area contributed by atoms with Crippen molar-refractivity contribution in [3.63, 3.8) is 0 Å². The smallest absolute Gasteiger partial charge is 0.322 e. The van der Waals surface area contributed by atoms with Gasteiger partial charge in [0.1, 0.15) is 5.75 Å². The third kappa shape index (κ3) is 3.93. The molecule has 0 spiro atoms. The average Bonchev–Trinajstić information content (AvgIpc) is 3.37. The molecule has 26 heavy (non-hydrogen) atoms. The monoisotopic (exact) mass is 372 g/mol. The maximum absolute atomic E-state index is 12.7. The molecule has 0 atom stereocenters. The molecule has 0 bridgehead atoms. The van der Waals surface area contributed by atoms with E-state index in [4.69, 9.17) is 4.74 Å². The molecule has 2 aromatic rings. The summed E-state index contributed by atoms with van der Waals surface area (Å²) in [4.78, 5) is 21.1. The molecule has 0 radical (unpaired) electrons. The van der Waals surface area contributed by atoms with Gasteiger partial charge in [0, 0.05) is 37.8 Å². The van der Waals surface area contributed by atoms with Gasteiger partial charge in [0.25, 0.3) is 0 Å². The van der Waals surface area contributed by atoms with E-state index in [1.807, 2.05) is 40.7 Å². The standard InChI is InChI=1S/C19H24N4O2S/c24-18(22-10-12-23(13-11-22)19-20-9-14-26-19)21-16-7-3-4-8-17(16)25-15-5-1-2-6-15/h3-4,7-9,14-15H,1-2,5-6,10-13H2,(H,21,24). The van der Waals surface area contributed by atoms with E-state index < -0.39 is 0 Å². The summed E-state index contributed by atoms with van der Waals surface area (Å²) in [5.41, 5.74) is 0.756. The fourth-order valence-electron chi connectivity index (χ4n) is 3.53. The molecule has 1 N–H and O–H groups in total. The summed E-state index contributed by atoms with van der Waals surface area (Å²) < 4.78 is 6.11. The van der Waals surface area contributed by atoms with Crippen molar-refractivity contribution in [1.82, 2.24) is 9.88 Å². The molecule has 7 heteroatoms. The van der Waals surface area contributed by atoms with Crippen molar-refractivity contribution in [2.75, 3.05) is 36.4 Å². The molecule has 1 saturated carbocycles. The largest absolute Gasteiger partial charge is 0.488 e. The van der Waals surface area contributed by atoms with Gasteiger partial charge in [-0.2, -0.15) is 0 Å². The number of urea groups is 1. The average molecular weight is 372 g/mol. The number of nitrogens with zero attached hydrogens (tertiary/aromatic N) is 3. The number of nitrogens with one attached hydrogen (secondary N) is 1. The van der Waals surface area contributed by atoms with Crippen LogP contribution in [0, 0.1) is 0 Å². The minimum Gasteiger partial charge on any atom is -0.488 e. The lowest BCUT2D eigenvalue weighted by atomic mass is 10.2. The number of carbonyl (C=O) groups is 1. The summed E-state index contributed by atoms with van der Waals surface area (Å²) in [6.07, 6.45) is 6.74. The molecule has 6 nitrogen and oxygen atoms in total. The zero-order valence-corrected chi connectivity index (χ0v) is 15.6. The Bertz CT molecular complexity index is 723. The zero-order chi connectivity index (χ0) is 17.8. The van der Waals surface area contributed by atoms with Crippen LogP contribution in [0.25, 0.3) is 0 Å². The summed E-state index contributed by atoms with van der Waals surface area (Å²) in [5, 5.41) is 6.04. The second-order valence-electron chi connectivity index (χ2n) is 6.74. The SMILES string of the molecule is O=C(Nc1ccccc1OC1CCCC1)N1CCN(c2nccs2)CC1. The Kier molecular flexibility index (Phi) is 5.24. The topological polar surface area (TPSA) is 57.7 Å². The minimum atomic E-state index is -0.0636. The van der Waals surface area contributed by atoms with E-state index in [0.29, 0.717) is 13.1 Å². The van der Waals surface area contributed by atoms with Crippen LogP contribution in [0.1, 0.15) is 25.7 Å². The van der Waals surface area contributed by atoms with Gasteiger partial charge in [0.2, 0.25) is 0 Å². The van der Waals surface area contributed by atoms with Gasteiger partial charge >= 0.3 is 6.03 Å². The second-order valence-corrected chi connectivity index (χ2v) is 7.61. The highest BCUT2D eigenvalue weighted by atomic mass is 32.1. The number of benzene rings is 1. The van der Waals surface area contributed by atoms with Crippen LogP contribution in [0.15, 0.2) is 35.8 Å². The number of thiazole rings is 1. The number of hydrogen-bond acceptors (Lipinski definition) is 5. The van der Waals surface area contributed by atoms with Gasteiger partial charge in [-0.1, -0.05) is 12.1 Å². The number of aromatic nitrogens is 1. The van der Waals surface area contributed by atoms with Gasteiger partial charge < -0.3 is 19.9 Å². The highest BCUT2D eigenvalue weighted by molar-refractivity contribution is 7.13. The number of piperazine rings is 1. The first kappa shape index (κ1) is 17.1. The third-order valence-corrected chi connectivity index (χ3v) is 5.81. The van der Waals surface area contributed by atoms with Crippen LogP contribution < -0.4 is 15.0 Å². The molecule has 4 rings (SSSR count). The van der Waals surface area contributed by atoms with E-state index in [-0.39, 0.29) is 12.1 Å². The Hall–Kier alpha value is -2.28. The van der Waals surface area contributed by atoms with Gasteiger partial charge in [-0.05, 0) is 37.8 Å². The van der Waals surface area contributed by atoms with Gasteiger partial charge in [0.05, 0.1) is 11.8 Å². The molecule has 0 unspecified atom stereocenters. The van der Waals surface area contributed by atoms with E-state index in [1.165, 1.54) is 12.8 Å². The normalized spacial score (nSPS) is 18.2. The lowest BCUT2D eigenvalue weighted by molar-refractivity contribution is 0.204. The number of hydrogen-bond donors (Lipinski definition) is 1. The van der Waals surface area contributed by atoms with Crippen LogP contribution in [0.4, 0.5) is 15.6 Å². The van der Waals surface area contributed by atoms with E-state index in [1.54, 1.807) is 11.3 Å². The predicted octanol–water partition coefficient (Wildman–Crippen LogP) is 3.82. The van der Waals surface area contributed by atoms with Gasteiger partial charge in [-0.25, -0.2) is 9.78 Å². The fraction of sp³-hybridized carbons (Fsp3) is 0.474. The van der Waals surface area contributed by atoms with Gasteiger partial charge in [-0.15, -0.1) is 11.3 Å². The van der Waals surface area contributed by atoms with Gasteiger partial charge in [-0.3, -0.25) is 0 Å². The first-order chi connectivity index (χ1) is 12.8. The lowest BCUT2D eigenvalue weighted by Crippen LogP contribution is -2.50. The summed E-state index contributed by atoms with van der Waals surface area (Å²) in [5.74, 6) is 0.772. The van der Waals surface area contributed by atoms with Crippen molar-refractivity contribution in [1.29, 1.82) is 0 Å². The summed E-state index contributed by atoms with van der Waals surface area (Å²) in [6.45, 7) is 3.00. The zero-order valence-electron chi connectivity index (χ0n) is 14.8. The molecule has 138 valence electrons. The Labute approximate surface area is 157 Å². The Morgan fingerprint density at radius 3 is 2.65 bits per heavy atom. The van der Waals surface area contributed by atoms with E-state index >= 15 is 0 Å². The third-order valence-electron chi connectivity index (χ3n) is 4.98. The van der Waals surface area contributed by atoms with Crippen LogP contribution in [0.2, 0.25) is 0 Å². The molecule has 1 aromatic carbocycles.